The Labute approximate surface area is 178 Å². The van der Waals surface area contributed by atoms with Crippen LogP contribution in [0.25, 0.3) is 0 Å². The zero-order valence-corrected chi connectivity index (χ0v) is 18.2. The van der Waals surface area contributed by atoms with Crippen LogP contribution in [-0.2, 0) is 17.5 Å². The molecule has 1 aliphatic heterocycles. The highest BCUT2D eigenvalue weighted by atomic mass is 35.5. The second-order valence-electron chi connectivity index (χ2n) is 7.92. The molecule has 0 bridgehead atoms. The van der Waals surface area contributed by atoms with Crippen molar-refractivity contribution in [3.63, 3.8) is 0 Å². The van der Waals surface area contributed by atoms with Crippen molar-refractivity contribution in [3.05, 3.63) is 40.9 Å². The van der Waals surface area contributed by atoms with Crippen LogP contribution in [0.3, 0.4) is 0 Å². The van der Waals surface area contributed by atoms with Crippen LogP contribution in [-0.4, -0.2) is 29.0 Å². The predicted molar refractivity (Wildman–Crippen MR) is 112 cm³/mol. The van der Waals surface area contributed by atoms with E-state index in [-0.39, 0.29) is 29.2 Å². The summed E-state index contributed by atoms with van der Waals surface area (Å²) >= 11 is 4.45. The van der Waals surface area contributed by atoms with Gasteiger partial charge in [-0.2, -0.15) is 18.3 Å². The monoisotopic (exact) mass is 452 g/mol. The van der Waals surface area contributed by atoms with Gasteiger partial charge >= 0.3 is 6.18 Å². The van der Waals surface area contributed by atoms with Crippen molar-refractivity contribution in [1.29, 1.82) is 0 Å². The van der Waals surface area contributed by atoms with E-state index in [1.54, 1.807) is 13.8 Å². The van der Waals surface area contributed by atoms with Crippen LogP contribution >= 0.6 is 11.6 Å². The summed E-state index contributed by atoms with van der Waals surface area (Å²) in [5, 5.41) is 8.62. The minimum atomic E-state index is -4.59. The molecule has 3 N–H and O–H groups in total. The molecular weight excluding hydrogens is 425 g/mol. The second-order valence-corrected chi connectivity index (χ2v) is 10.0. The highest BCUT2D eigenvalue weighted by Gasteiger charge is 2.40. The molecule has 1 saturated heterocycles. The molecular formula is C20H28ClF3N2O2S. The molecule has 1 fully saturated rings. The molecule has 0 aromatic heterocycles. The Morgan fingerprint density at radius 3 is 2.52 bits per heavy atom. The van der Waals surface area contributed by atoms with Gasteiger partial charge in [-0.3, -0.25) is 0 Å². The lowest BCUT2D eigenvalue weighted by molar-refractivity contribution is -0.137. The summed E-state index contributed by atoms with van der Waals surface area (Å²) in [6, 6.07) is 2.31. The molecule has 2 rings (SSSR count). The SMILES string of the molecule is C=CCOc1cc(C(F)(F)F)c(Cl)cc1[C@H](CC(C)(C)[S+](N)[O-])C1CCNCC1. The Hall–Kier alpha value is -0.930. The van der Waals surface area contributed by atoms with Crippen molar-refractivity contribution in [3.8, 4) is 5.75 Å². The standard InChI is InChI=1S/C20H28ClF3N2O2S/c1-4-9-28-18-11-16(20(22,23)24)17(21)10-14(18)15(12-19(2,3)29(25)27)13-5-7-26-8-6-13/h4,10-11,13,15,26H,1,5-9,12,25H2,2-3H3/t15-,29?/m1/s1. The lowest BCUT2D eigenvalue weighted by Crippen LogP contribution is -2.41. The van der Waals surface area contributed by atoms with Crippen LogP contribution in [0.2, 0.25) is 5.02 Å². The van der Waals surface area contributed by atoms with Crippen molar-refractivity contribution in [2.24, 2.45) is 11.1 Å². The summed E-state index contributed by atoms with van der Waals surface area (Å²) in [4.78, 5) is 0. The summed E-state index contributed by atoms with van der Waals surface area (Å²) in [5.74, 6) is 0.112. The van der Waals surface area contributed by atoms with Gasteiger partial charge in [-0.15, -0.1) is 0 Å². The quantitative estimate of drug-likeness (QED) is 0.439. The first-order chi connectivity index (χ1) is 13.5. The van der Waals surface area contributed by atoms with Crippen molar-refractivity contribution in [1.82, 2.24) is 5.32 Å². The average Bonchev–Trinajstić information content (AvgIpc) is 2.64. The number of rotatable bonds is 8. The van der Waals surface area contributed by atoms with Crippen LogP contribution in [0.15, 0.2) is 24.8 Å². The lowest BCUT2D eigenvalue weighted by atomic mass is 9.75. The van der Waals surface area contributed by atoms with E-state index in [0.717, 1.165) is 32.0 Å². The van der Waals surface area contributed by atoms with Gasteiger partial charge in [0, 0.05) is 17.8 Å². The van der Waals surface area contributed by atoms with Gasteiger partial charge in [0.1, 0.15) is 17.1 Å². The fourth-order valence-corrected chi connectivity index (χ4v) is 4.36. The van der Waals surface area contributed by atoms with E-state index in [1.807, 2.05) is 0 Å². The molecule has 1 aromatic rings. The van der Waals surface area contributed by atoms with Crippen LogP contribution in [0.4, 0.5) is 13.2 Å². The van der Waals surface area contributed by atoms with E-state index in [4.69, 9.17) is 21.5 Å². The third-order valence-corrected chi connectivity index (χ3v) is 6.94. The van der Waals surface area contributed by atoms with E-state index in [2.05, 4.69) is 11.9 Å². The summed E-state index contributed by atoms with van der Waals surface area (Å²) in [6.07, 6.45) is -0.990. The maximum atomic E-state index is 13.4. The summed E-state index contributed by atoms with van der Waals surface area (Å²) in [7, 11) is 0. The van der Waals surface area contributed by atoms with E-state index < -0.39 is 27.8 Å². The second kappa shape index (κ2) is 9.92. The van der Waals surface area contributed by atoms with Gasteiger partial charge in [-0.05, 0) is 69.3 Å². The van der Waals surface area contributed by atoms with Crippen molar-refractivity contribution in [2.75, 3.05) is 19.7 Å². The number of halogens is 4. The van der Waals surface area contributed by atoms with E-state index in [1.165, 1.54) is 12.1 Å². The minimum absolute atomic E-state index is 0.0666. The summed E-state index contributed by atoms with van der Waals surface area (Å²) < 4.78 is 57.2. The fourth-order valence-electron chi connectivity index (χ4n) is 3.74. The molecule has 0 radical (unpaired) electrons. The molecule has 2 atom stereocenters. The number of ether oxygens (including phenoxy) is 1. The van der Waals surface area contributed by atoms with E-state index >= 15 is 0 Å². The van der Waals surface area contributed by atoms with Gasteiger partial charge in [0.25, 0.3) is 0 Å². The smallest absolute Gasteiger partial charge is 0.417 e. The third-order valence-electron chi connectivity index (χ3n) is 5.37. The van der Waals surface area contributed by atoms with Crippen LogP contribution in [0, 0.1) is 5.92 Å². The number of alkyl halides is 3. The zero-order valence-electron chi connectivity index (χ0n) is 16.7. The molecule has 164 valence electrons. The first kappa shape index (κ1) is 24.3. The molecule has 0 saturated carbocycles. The number of nitrogens with two attached hydrogens (primary N) is 1. The van der Waals surface area contributed by atoms with Crippen molar-refractivity contribution in [2.45, 2.75) is 50.0 Å². The Bertz CT molecular complexity index is 708. The van der Waals surface area contributed by atoms with Gasteiger partial charge in [-0.25, -0.2) is 0 Å². The average molecular weight is 453 g/mol. The van der Waals surface area contributed by atoms with Gasteiger partial charge in [0.05, 0.1) is 10.6 Å². The van der Waals surface area contributed by atoms with Crippen LogP contribution < -0.4 is 15.2 Å². The highest BCUT2D eigenvalue weighted by Crippen LogP contribution is 2.46. The Morgan fingerprint density at radius 1 is 1.38 bits per heavy atom. The third kappa shape index (κ3) is 6.28. The van der Waals surface area contributed by atoms with Gasteiger partial charge < -0.3 is 14.6 Å². The number of piperidine rings is 1. The normalized spacial score (nSPS) is 18.3. The summed E-state index contributed by atoms with van der Waals surface area (Å²) in [6.45, 7) is 8.86. The maximum absolute atomic E-state index is 13.4. The predicted octanol–water partition coefficient (Wildman–Crippen LogP) is 4.80. The van der Waals surface area contributed by atoms with Gasteiger partial charge in [0.2, 0.25) is 0 Å². The largest absolute Gasteiger partial charge is 0.598 e. The molecule has 0 amide bonds. The molecule has 9 heteroatoms. The number of benzene rings is 1. The van der Waals surface area contributed by atoms with E-state index in [9.17, 15) is 17.7 Å². The van der Waals surface area contributed by atoms with Crippen molar-refractivity contribution < 1.29 is 22.5 Å². The fraction of sp³-hybridized carbons (Fsp3) is 0.600. The number of hydrogen-bond donors (Lipinski definition) is 2. The van der Waals surface area contributed by atoms with Crippen LogP contribution in [0.5, 0.6) is 5.75 Å². The molecule has 1 aliphatic rings. The van der Waals surface area contributed by atoms with Crippen molar-refractivity contribution >= 4 is 23.0 Å². The Balaban J connectivity index is 2.57. The zero-order chi connectivity index (χ0) is 21.8. The Morgan fingerprint density at radius 2 is 2.00 bits per heavy atom. The number of nitrogens with one attached hydrogen (secondary N) is 1. The maximum Gasteiger partial charge on any atom is 0.417 e. The summed E-state index contributed by atoms with van der Waals surface area (Å²) in [5.41, 5.74) is -0.344. The molecule has 1 unspecified atom stereocenters. The van der Waals surface area contributed by atoms with Crippen LogP contribution in [0.1, 0.15) is 50.2 Å². The van der Waals surface area contributed by atoms with E-state index in [0.29, 0.717) is 12.0 Å². The molecule has 0 spiro atoms. The molecule has 4 nitrogen and oxygen atoms in total. The molecule has 1 heterocycles. The highest BCUT2D eigenvalue weighted by molar-refractivity contribution is 7.90. The number of hydrogen-bond acceptors (Lipinski definition) is 4. The molecule has 29 heavy (non-hydrogen) atoms. The first-order valence-electron chi connectivity index (χ1n) is 9.48. The lowest BCUT2D eigenvalue weighted by Gasteiger charge is -2.36. The minimum Gasteiger partial charge on any atom is -0.598 e. The molecule has 1 aromatic carbocycles. The molecule has 0 aliphatic carbocycles. The topological polar surface area (TPSA) is 70.3 Å². The first-order valence-corrected chi connectivity index (χ1v) is 11.1. The Kier molecular flexibility index (Phi) is 8.32. The van der Waals surface area contributed by atoms with Gasteiger partial charge in [-0.1, -0.05) is 24.3 Å². The van der Waals surface area contributed by atoms with Gasteiger partial charge in [0.15, 0.2) is 0 Å².